The Morgan fingerprint density at radius 2 is 1.85 bits per heavy atom. The maximum Gasteiger partial charge on any atom is 0.305 e. The van der Waals surface area contributed by atoms with E-state index in [9.17, 15) is 4.79 Å². The molecule has 3 heteroatoms. The van der Waals surface area contributed by atoms with Gasteiger partial charge in [-0.2, -0.15) is 0 Å². The molecule has 80 valence electrons. The van der Waals surface area contributed by atoms with Crippen molar-refractivity contribution in [3.63, 3.8) is 0 Å². The maximum atomic E-state index is 10.4. The summed E-state index contributed by atoms with van der Waals surface area (Å²) in [6.07, 6.45) is 3.46. The van der Waals surface area contributed by atoms with Crippen LogP contribution in [0.3, 0.4) is 0 Å². The van der Waals surface area contributed by atoms with Crippen LogP contribution >= 0.6 is 0 Å². The Balaban J connectivity index is 0. The lowest BCUT2D eigenvalue weighted by Crippen LogP contribution is -2.01. The van der Waals surface area contributed by atoms with Gasteiger partial charge in [-0.1, -0.05) is 20.3 Å². The summed E-state index contributed by atoms with van der Waals surface area (Å²) >= 11 is 0. The number of aliphatic hydroxyl groups is 1. The molecule has 0 rings (SSSR count). The topological polar surface area (TPSA) is 46.5 Å². The van der Waals surface area contributed by atoms with Crippen molar-refractivity contribution in [2.24, 2.45) is 0 Å². The van der Waals surface area contributed by atoms with Crippen LogP contribution in [0, 0.1) is 0 Å². The smallest absolute Gasteiger partial charge is 0.305 e. The monoisotopic (exact) mass is 190 g/mol. The fraction of sp³-hybridized carbons (Fsp3) is 0.900. The summed E-state index contributed by atoms with van der Waals surface area (Å²) in [5.41, 5.74) is 0. The first-order valence-corrected chi connectivity index (χ1v) is 4.99. The molecule has 0 aromatic heterocycles. The number of unbranched alkanes of at least 4 members (excludes halogenated alkanes) is 1. The van der Waals surface area contributed by atoms with E-state index in [2.05, 4.69) is 11.7 Å². The molecule has 0 aliphatic heterocycles. The van der Waals surface area contributed by atoms with E-state index < -0.39 is 0 Å². The zero-order chi connectivity index (χ0) is 10.5. The zero-order valence-electron chi connectivity index (χ0n) is 9.01. The van der Waals surface area contributed by atoms with Crippen molar-refractivity contribution < 1.29 is 14.6 Å². The van der Waals surface area contributed by atoms with Gasteiger partial charge in [0.25, 0.3) is 0 Å². The Labute approximate surface area is 81.1 Å². The standard InChI is InChI=1S/C6H12O2.C4H10O/c1-3-5-6(7)8-4-2;1-2-3-4-5/h3-5H2,1-2H3;5H,2-4H2,1H3. The molecule has 0 heterocycles. The van der Waals surface area contributed by atoms with E-state index in [1.807, 2.05) is 13.8 Å². The summed E-state index contributed by atoms with van der Waals surface area (Å²) in [6, 6.07) is 0. The van der Waals surface area contributed by atoms with Crippen LogP contribution in [0.15, 0.2) is 0 Å². The van der Waals surface area contributed by atoms with Crippen LogP contribution in [0.5, 0.6) is 0 Å². The molecule has 13 heavy (non-hydrogen) atoms. The normalized spacial score (nSPS) is 8.62. The second-order valence-corrected chi connectivity index (χ2v) is 2.63. The van der Waals surface area contributed by atoms with E-state index in [4.69, 9.17) is 5.11 Å². The zero-order valence-corrected chi connectivity index (χ0v) is 9.01. The molecule has 0 radical (unpaired) electrons. The Bertz CT molecular complexity index is 92.3. The number of rotatable bonds is 5. The fourth-order valence-corrected chi connectivity index (χ4v) is 0.595. The largest absolute Gasteiger partial charge is 0.466 e. The Hall–Kier alpha value is -0.570. The third kappa shape index (κ3) is 18.4. The van der Waals surface area contributed by atoms with Gasteiger partial charge in [0, 0.05) is 13.0 Å². The molecule has 0 aliphatic carbocycles. The number of hydrogen-bond donors (Lipinski definition) is 1. The Morgan fingerprint density at radius 1 is 1.23 bits per heavy atom. The van der Waals surface area contributed by atoms with Crippen LogP contribution in [-0.2, 0) is 9.53 Å². The van der Waals surface area contributed by atoms with Crippen LogP contribution in [0.25, 0.3) is 0 Å². The van der Waals surface area contributed by atoms with Gasteiger partial charge in [0.15, 0.2) is 0 Å². The minimum Gasteiger partial charge on any atom is -0.466 e. The van der Waals surface area contributed by atoms with Crippen LogP contribution in [0.2, 0.25) is 0 Å². The van der Waals surface area contributed by atoms with Crippen molar-refractivity contribution in [3.05, 3.63) is 0 Å². The second kappa shape index (κ2) is 14.0. The molecule has 0 spiro atoms. The summed E-state index contributed by atoms with van der Waals surface area (Å²) in [7, 11) is 0. The molecule has 0 aromatic rings. The molecular weight excluding hydrogens is 168 g/mol. The third-order valence-electron chi connectivity index (χ3n) is 1.27. The summed E-state index contributed by atoms with van der Waals surface area (Å²) in [5, 5.41) is 8.07. The van der Waals surface area contributed by atoms with Gasteiger partial charge in [0.05, 0.1) is 6.61 Å². The van der Waals surface area contributed by atoms with Gasteiger partial charge < -0.3 is 9.84 Å². The highest BCUT2D eigenvalue weighted by Crippen LogP contribution is 1.89. The molecule has 0 amide bonds. The summed E-state index contributed by atoms with van der Waals surface area (Å²) in [4.78, 5) is 10.4. The van der Waals surface area contributed by atoms with E-state index >= 15 is 0 Å². The van der Waals surface area contributed by atoms with E-state index in [0.29, 0.717) is 19.6 Å². The van der Waals surface area contributed by atoms with Crippen LogP contribution in [-0.4, -0.2) is 24.3 Å². The highest BCUT2D eigenvalue weighted by Gasteiger charge is 1.95. The SMILES string of the molecule is CCCC(=O)OCC.CCCCO. The van der Waals surface area contributed by atoms with Gasteiger partial charge in [-0.15, -0.1) is 0 Å². The number of carbonyl (C=O) groups excluding carboxylic acids is 1. The van der Waals surface area contributed by atoms with Crippen molar-refractivity contribution in [2.45, 2.75) is 46.5 Å². The van der Waals surface area contributed by atoms with Gasteiger partial charge in [-0.3, -0.25) is 4.79 Å². The van der Waals surface area contributed by atoms with Gasteiger partial charge in [-0.25, -0.2) is 0 Å². The van der Waals surface area contributed by atoms with Crippen LogP contribution < -0.4 is 0 Å². The summed E-state index contributed by atoms with van der Waals surface area (Å²) in [5.74, 6) is -0.0880. The Morgan fingerprint density at radius 3 is 2.08 bits per heavy atom. The predicted octanol–water partition coefficient (Wildman–Crippen LogP) is 2.13. The fourth-order valence-electron chi connectivity index (χ4n) is 0.595. The number of ether oxygens (including phenoxy) is 1. The summed E-state index contributed by atoms with van der Waals surface area (Å²) < 4.78 is 4.64. The molecule has 0 unspecified atom stereocenters. The van der Waals surface area contributed by atoms with Crippen molar-refractivity contribution in [2.75, 3.05) is 13.2 Å². The van der Waals surface area contributed by atoms with Crippen molar-refractivity contribution in [1.82, 2.24) is 0 Å². The first kappa shape index (κ1) is 14.9. The first-order valence-electron chi connectivity index (χ1n) is 4.99. The molecule has 0 aliphatic rings. The Kier molecular flexibility index (Phi) is 16.1. The average molecular weight is 190 g/mol. The van der Waals surface area contributed by atoms with Gasteiger partial charge in [0.1, 0.15) is 0 Å². The predicted molar refractivity (Wildman–Crippen MR) is 53.5 cm³/mol. The van der Waals surface area contributed by atoms with Gasteiger partial charge in [0.2, 0.25) is 0 Å². The summed E-state index contributed by atoms with van der Waals surface area (Å²) in [6.45, 7) is 6.66. The lowest BCUT2D eigenvalue weighted by molar-refractivity contribution is -0.143. The molecule has 0 atom stereocenters. The molecule has 0 aromatic carbocycles. The second-order valence-electron chi connectivity index (χ2n) is 2.63. The number of esters is 1. The van der Waals surface area contributed by atoms with Crippen molar-refractivity contribution in [1.29, 1.82) is 0 Å². The minimum atomic E-state index is -0.0880. The van der Waals surface area contributed by atoms with E-state index in [1.54, 1.807) is 0 Å². The lowest BCUT2D eigenvalue weighted by Gasteiger charge is -1.96. The van der Waals surface area contributed by atoms with E-state index in [-0.39, 0.29) is 5.97 Å². The van der Waals surface area contributed by atoms with E-state index in [0.717, 1.165) is 19.3 Å². The maximum absolute atomic E-state index is 10.4. The van der Waals surface area contributed by atoms with Gasteiger partial charge >= 0.3 is 5.97 Å². The van der Waals surface area contributed by atoms with Crippen LogP contribution in [0.1, 0.15) is 46.5 Å². The third-order valence-corrected chi connectivity index (χ3v) is 1.27. The number of carbonyl (C=O) groups is 1. The number of hydrogen-bond acceptors (Lipinski definition) is 3. The molecule has 1 N–H and O–H groups in total. The van der Waals surface area contributed by atoms with Gasteiger partial charge in [-0.05, 0) is 19.8 Å². The van der Waals surface area contributed by atoms with E-state index in [1.165, 1.54) is 0 Å². The molecule has 0 bridgehead atoms. The molecule has 0 saturated heterocycles. The highest BCUT2D eigenvalue weighted by molar-refractivity contribution is 5.69. The highest BCUT2D eigenvalue weighted by atomic mass is 16.5. The van der Waals surface area contributed by atoms with Crippen LogP contribution in [0.4, 0.5) is 0 Å². The molecule has 3 nitrogen and oxygen atoms in total. The first-order chi connectivity index (χ1) is 6.22. The van der Waals surface area contributed by atoms with Crippen molar-refractivity contribution >= 4 is 5.97 Å². The lowest BCUT2D eigenvalue weighted by atomic mass is 10.3. The molecule has 0 fully saturated rings. The minimum absolute atomic E-state index is 0.0880. The van der Waals surface area contributed by atoms with Crippen molar-refractivity contribution in [3.8, 4) is 0 Å². The molecular formula is C10H22O3. The number of aliphatic hydroxyl groups excluding tert-OH is 1. The quantitative estimate of drug-likeness (QED) is 0.675. The average Bonchev–Trinajstić information content (AvgIpc) is 2.08. The molecule has 0 saturated carbocycles.